The van der Waals surface area contributed by atoms with Crippen LogP contribution >= 0.6 is 11.8 Å². The van der Waals surface area contributed by atoms with Crippen molar-refractivity contribution in [2.45, 2.75) is 31.7 Å². The van der Waals surface area contributed by atoms with Gasteiger partial charge in [-0.15, -0.1) is 0 Å². The molecule has 1 aliphatic rings. The summed E-state index contributed by atoms with van der Waals surface area (Å²) in [6, 6.07) is 10.2. The third-order valence-electron chi connectivity index (χ3n) is 3.76. The van der Waals surface area contributed by atoms with E-state index in [1.807, 2.05) is 18.2 Å². The zero-order valence-corrected chi connectivity index (χ0v) is 12.8. The maximum Gasteiger partial charge on any atom is 0.306 e. The summed E-state index contributed by atoms with van der Waals surface area (Å²) in [6.07, 6.45) is 2.97. The van der Waals surface area contributed by atoms with Gasteiger partial charge in [-0.25, -0.2) is 0 Å². The minimum Gasteiger partial charge on any atom is -0.481 e. The first kappa shape index (κ1) is 15.9. The van der Waals surface area contributed by atoms with E-state index in [9.17, 15) is 9.59 Å². The Morgan fingerprint density at radius 3 is 2.67 bits per heavy atom. The van der Waals surface area contributed by atoms with Gasteiger partial charge in [0.05, 0.1) is 11.7 Å². The van der Waals surface area contributed by atoms with Crippen LogP contribution in [0.4, 0.5) is 0 Å². The van der Waals surface area contributed by atoms with Crippen molar-refractivity contribution in [1.29, 1.82) is 0 Å². The molecule has 0 bridgehead atoms. The lowest BCUT2D eigenvalue weighted by Crippen LogP contribution is -2.34. The third-order valence-corrected chi connectivity index (χ3v) is 4.72. The zero-order chi connectivity index (χ0) is 15.1. The minimum absolute atomic E-state index is 0.0177. The van der Waals surface area contributed by atoms with Gasteiger partial charge in [0.25, 0.3) is 0 Å². The largest absolute Gasteiger partial charge is 0.481 e. The summed E-state index contributed by atoms with van der Waals surface area (Å²) in [7, 11) is 0. The van der Waals surface area contributed by atoms with Crippen LogP contribution < -0.4 is 5.32 Å². The van der Waals surface area contributed by atoms with E-state index in [-0.39, 0.29) is 17.9 Å². The minimum atomic E-state index is -0.746. The molecule has 4 nitrogen and oxygen atoms in total. The van der Waals surface area contributed by atoms with Gasteiger partial charge in [-0.05, 0) is 37.0 Å². The lowest BCUT2D eigenvalue weighted by molar-refractivity contribution is -0.141. The molecule has 1 fully saturated rings. The number of nitrogens with one attached hydrogen (secondary N) is 1. The van der Waals surface area contributed by atoms with Crippen molar-refractivity contribution in [2.24, 2.45) is 5.92 Å². The normalized spacial score (nSPS) is 21.1. The quantitative estimate of drug-likeness (QED) is 0.759. The summed E-state index contributed by atoms with van der Waals surface area (Å²) >= 11 is 1.62. The Balaban J connectivity index is 1.59. The number of carbonyl (C=O) groups excluding carboxylic acids is 1. The molecule has 0 spiro atoms. The second-order valence-electron chi connectivity index (χ2n) is 5.40. The number of aliphatic carboxylic acids is 1. The van der Waals surface area contributed by atoms with E-state index in [2.05, 4.69) is 17.4 Å². The first-order valence-electron chi connectivity index (χ1n) is 7.29. The standard InChI is InChI=1S/C16H21NO3S/c18-15(17-14-7-6-13(10-14)16(19)20)11-21-9-8-12-4-2-1-3-5-12/h1-5,13-14H,6-11H2,(H,17,18)(H,19,20). The molecule has 0 heterocycles. The molecule has 1 aromatic rings. The number of carbonyl (C=O) groups is 2. The maximum atomic E-state index is 11.8. The predicted molar refractivity (Wildman–Crippen MR) is 84.4 cm³/mol. The fourth-order valence-electron chi connectivity index (χ4n) is 2.61. The third kappa shape index (κ3) is 5.42. The molecule has 1 amide bonds. The second kappa shape index (κ2) is 8.08. The van der Waals surface area contributed by atoms with Crippen LogP contribution in [0, 0.1) is 5.92 Å². The Hall–Kier alpha value is -1.49. The number of aryl methyl sites for hydroxylation is 1. The first-order valence-corrected chi connectivity index (χ1v) is 8.44. The number of carboxylic acid groups (broad SMARTS) is 1. The van der Waals surface area contributed by atoms with Crippen molar-refractivity contribution in [1.82, 2.24) is 5.32 Å². The number of benzene rings is 1. The van der Waals surface area contributed by atoms with Gasteiger partial charge in [0.2, 0.25) is 5.91 Å². The van der Waals surface area contributed by atoms with Crippen LogP contribution in [-0.2, 0) is 16.0 Å². The Morgan fingerprint density at radius 1 is 1.24 bits per heavy atom. The molecule has 1 aromatic carbocycles. The van der Waals surface area contributed by atoms with Gasteiger partial charge in [0, 0.05) is 6.04 Å². The molecule has 2 unspecified atom stereocenters. The smallest absolute Gasteiger partial charge is 0.306 e. The summed E-state index contributed by atoms with van der Waals surface area (Å²) in [5.41, 5.74) is 1.28. The van der Waals surface area contributed by atoms with Crippen LogP contribution in [0.25, 0.3) is 0 Å². The number of carboxylic acids is 1. The topological polar surface area (TPSA) is 66.4 Å². The van der Waals surface area contributed by atoms with E-state index in [4.69, 9.17) is 5.11 Å². The van der Waals surface area contributed by atoms with Crippen molar-refractivity contribution < 1.29 is 14.7 Å². The molecule has 2 N–H and O–H groups in total. The highest BCUT2D eigenvalue weighted by Gasteiger charge is 2.30. The highest BCUT2D eigenvalue weighted by atomic mass is 32.2. The number of amides is 1. The van der Waals surface area contributed by atoms with E-state index in [0.29, 0.717) is 18.6 Å². The molecule has 114 valence electrons. The van der Waals surface area contributed by atoms with Gasteiger partial charge in [0.1, 0.15) is 0 Å². The molecular formula is C16H21NO3S. The molecule has 2 rings (SSSR count). The van der Waals surface area contributed by atoms with Crippen LogP contribution in [0.2, 0.25) is 0 Å². The molecule has 21 heavy (non-hydrogen) atoms. The monoisotopic (exact) mass is 307 g/mol. The van der Waals surface area contributed by atoms with Crippen molar-refractivity contribution in [3.05, 3.63) is 35.9 Å². The summed E-state index contributed by atoms with van der Waals surface area (Å²) in [4.78, 5) is 22.7. The predicted octanol–water partition coefficient (Wildman–Crippen LogP) is 2.33. The van der Waals surface area contributed by atoms with Gasteiger partial charge < -0.3 is 10.4 Å². The van der Waals surface area contributed by atoms with E-state index in [1.54, 1.807) is 11.8 Å². The fraction of sp³-hybridized carbons (Fsp3) is 0.500. The lowest BCUT2D eigenvalue weighted by Gasteiger charge is -2.12. The van der Waals surface area contributed by atoms with Crippen LogP contribution in [-0.4, -0.2) is 34.5 Å². The SMILES string of the molecule is O=C(CSCCc1ccccc1)NC1CCC(C(=O)O)C1. The molecule has 2 atom stereocenters. The lowest BCUT2D eigenvalue weighted by atomic mass is 10.1. The zero-order valence-electron chi connectivity index (χ0n) is 12.0. The molecule has 0 aliphatic heterocycles. The number of hydrogen-bond acceptors (Lipinski definition) is 3. The van der Waals surface area contributed by atoms with Gasteiger partial charge >= 0.3 is 5.97 Å². The van der Waals surface area contributed by atoms with Crippen LogP contribution in [0.3, 0.4) is 0 Å². The van der Waals surface area contributed by atoms with Gasteiger partial charge in [-0.1, -0.05) is 30.3 Å². The van der Waals surface area contributed by atoms with E-state index >= 15 is 0 Å². The number of hydrogen-bond donors (Lipinski definition) is 2. The summed E-state index contributed by atoms with van der Waals surface area (Å²) in [5, 5.41) is 11.9. The maximum absolute atomic E-state index is 11.8. The summed E-state index contributed by atoms with van der Waals surface area (Å²) in [6.45, 7) is 0. The molecule has 5 heteroatoms. The molecule has 1 saturated carbocycles. The number of rotatable bonds is 7. The molecular weight excluding hydrogens is 286 g/mol. The van der Waals surface area contributed by atoms with Crippen molar-refractivity contribution in [2.75, 3.05) is 11.5 Å². The first-order chi connectivity index (χ1) is 10.1. The molecule has 0 radical (unpaired) electrons. The van der Waals surface area contributed by atoms with Gasteiger partial charge in [-0.3, -0.25) is 9.59 Å². The molecule has 0 saturated heterocycles. The Kier molecular flexibility index (Phi) is 6.11. The fourth-order valence-corrected chi connectivity index (χ4v) is 3.40. The highest BCUT2D eigenvalue weighted by Crippen LogP contribution is 2.25. The van der Waals surface area contributed by atoms with E-state index in [0.717, 1.165) is 18.6 Å². The summed E-state index contributed by atoms with van der Waals surface area (Å²) in [5.74, 6) is 0.343. The van der Waals surface area contributed by atoms with Crippen LogP contribution in [0.1, 0.15) is 24.8 Å². The Labute approximate surface area is 129 Å². The van der Waals surface area contributed by atoms with Crippen molar-refractivity contribution in [3.63, 3.8) is 0 Å². The summed E-state index contributed by atoms with van der Waals surface area (Å²) < 4.78 is 0. The average molecular weight is 307 g/mol. The molecule has 1 aliphatic carbocycles. The van der Waals surface area contributed by atoms with Crippen LogP contribution in [0.5, 0.6) is 0 Å². The van der Waals surface area contributed by atoms with E-state index in [1.165, 1.54) is 5.56 Å². The Morgan fingerprint density at radius 2 is 2.00 bits per heavy atom. The second-order valence-corrected chi connectivity index (χ2v) is 6.51. The van der Waals surface area contributed by atoms with Crippen molar-refractivity contribution in [3.8, 4) is 0 Å². The average Bonchev–Trinajstić information content (AvgIpc) is 2.93. The van der Waals surface area contributed by atoms with Crippen LogP contribution in [0.15, 0.2) is 30.3 Å². The van der Waals surface area contributed by atoms with Crippen molar-refractivity contribution >= 4 is 23.6 Å². The van der Waals surface area contributed by atoms with Gasteiger partial charge in [-0.2, -0.15) is 11.8 Å². The number of thioether (sulfide) groups is 1. The highest BCUT2D eigenvalue weighted by molar-refractivity contribution is 7.99. The molecule has 0 aromatic heterocycles. The van der Waals surface area contributed by atoms with E-state index < -0.39 is 5.97 Å². The van der Waals surface area contributed by atoms with Gasteiger partial charge in [0.15, 0.2) is 0 Å². The Bertz CT molecular complexity index is 478.